The molecule has 30 heavy (non-hydrogen) atoms. The lowest BCUT2D eigenvalue weighted by molar-refractivity contribution is 0.0729. The lowest BCUT2D eigenvalue weighted by Gasteiger charge is -2.10. The van der Waals surface area contributed by atoms with Gasteiger partial charge in [-0.1, -0.05) is 18.2 Å². The molecule has 0 spiro atoms. The normalized spacial score (nSPS) is 10.5. The van der Waals surface area contributed by atoms with Crippen LogP contribution in [0.3, 0.4) is 0 Å². The van der Waals surface area contributed by atoms with Crippen molar-refractivity contribution in [1.82, 2.24) is 5.43 Å². The van der Waals surface area contributed by atoms with E-state index in [4.69, 9.17) is 21.7 Å². The van der Waals surface area contributed by atoms with Crippen LogP contribution in [0.25, 0.3) is 0 Å². The molecular formula is C22H18FN3O3S. The van der Waals surface area contributed by atoms with Crippen LogP contribution >= 0.6 is 12.2 Å². The third-order valence-electron chi connectivity index (χ3n) is 3.88. The third-order valence-corrected chi connectivity index (χ3v) is 4.07. The number of benzene rings is 3. The zero-order chi connectivity index (χ0) is 21.3. The molecule has 0 saturated carbocycles. The van der Waals surface area contributed by atoms with Gasteiger partial charge in [-0.3, -0.25) is 5.43 Å². The Labute approximate surface area is 178 Å². The Kier molecular flexibility index (Phi) is 7.07. The summed E-state index contributed by atoms with van der Waals surface area (Å²) in [6, 6.07) is 19.5. The molecule has 152 valence electrons. The number of esters is 1. The molecule has 0 amide bonds. The Morgan fingerprint density at radius 3 is 2.47 bits per heavy atom. The van der Waals surface area contributed by atoms with E-state index < -0.39 is 5.97 Å². The number of thiocarbonyl (C=S) groups is 1. The van der Waals surface area contributed by atoms with Crippen LogP contribution in [0.4, 0.5) is 10.1 Å². The Morgan fingerprint density at radius 2 is 1.77 bits per heavy atom. The Balaban J connectivity index is 1.60. The first-order valence-electron chi connectivity index (χ1n) is 8.86. The highest BCUT2D eigenvalue weighted by molar-refractivity contribution is 7.80. The fraction of sp³-hybridized carbons (Fsp3) is 0.0455. The van der Waals surface area contributed by atoms with Crippen LogP contribution in [0.1, 0.15) is 15.9 Å². The van der Waals surface area contributed by atoms with Crippen LogP contribution < -0.4 is 20.2 Å². The predicted octanol–water partition coefficient (Wildman–Crippen LogP) is 4.37. The summed E-state index contributed by atoms with van der Waals surface area (Å²) in [5.74, 6) is -0.126. The highest BCUT2D eigenvalue weighted by Crippen LogP contribution is 2.28. The second-order valence-electron chi connectivity index (χ2n) is 6.00. The molecule has 3 rings (SSSR count). The number of hydrazone groups is 1. The van der Waals surface area contributed by atoms with Crippen molar-refractivity contribution in [3.05, 3.63) is 89.7 Å². The number of ether oxygens (including phenoxy) is 2. The quantitative estimate of drug-likeness (QED) is 0.202. The minimum absolute atomic E-state index is 0.248. The topological polar surface area (TPSA) is 71.9 Å². The summed E-state index contributed by atoms with van der Waals surface area (Å²) in [7, 11) is 1.48. The smallest absolute Gasteiger partial charge is 0.343 e. The van der Waals surface area contributed by atoms with Gasteiger partial charge in [-0.05, 0) is 72.4 Å². The monoisotopic (exact) mass is 423 g/mol. The van der Waals surface area contributed by atoms with E-state index in [1.54, 1.807) is 54.6 Å². The molecule has 0 heterocycles. The molecule has 0 fully saturated rings. The second-order valence-corrected chi connectivity index (χ2v) is 6.41. The number of nitrogens with zero attached hydrogens (tertiary/aromatic N) is 1. The fourth-order valence-electron chi connectivity index (χ4n) is 2.44. The Morgan fingerprint density at radius 1 is 1.03 bits per heavy atom. The molecule has 6 nitrogen and oxygen atoms in total. The molecule has 0 unspecified atom stereocenters. The van der Waals surface area contributed by atoms with Crippen molar-refractivity contribution < 1.29 is 18.7 Å². The average Bonchev–Trinajstić information content (AvgIpc) is 2.77. The summed E-state index contributed by atoms with van der Waals surface area (Å²) < 4.78 is 23.6. The van der Waals surface area contributed by atoms with Crippen molar-refractivity contribution in [3.63, 3.8) is 0 Å². The zero-order valence-electron chi connectivity index (χ0n) is 16.0. The molecule has 0 aliphatic heterocycles. The van der Waals surface area contributed by atoms with Gasteiger partial charge in [0.25, 0.3) is 0 Å². The lowest BCUT2D eigenvalue weighted by Crippen LogP contribution is -2.23. The van der Waals surface area contributed by atoms with Gasteiger partial charge in [0.15, 0.2) is 16.6 Å². The Bertz CT molecular complexity index is 1060. The van der Waals surface area contributed by atoms with Crippen LogP contribution in [0.15, 0.2) is 77.9 Å². The van der Waals surface area contributed by atoms with Gasteiger partial charge in [-0.15, -0.1) is 0 Å². The molecular weight excluding hydrogens is 405 g/mol. The number of hydrogen-bond acceptors (Lipinski definition) is 5. The zero-order valence-corrected chi connectivity index (χ0v) is 16.8. The van der Waals surface area contributed by atoms with Crippen LogP contribution in [-0.2, 0) is 0 Å². The van der Waals surface area contributed by atoms with Gasteiger partial charge in [-0.25, -0.2) is 9.18 Å². The highest BCUT2D eigenvalue weighted by atomic mass is 32.1. The van der Waals surface area contributed by atoms with E-state index in [0.29, 0.717) is 28.3 Å². The number of rotatable bonds is 6. The van der Waals surface area contributed by atoms with E-state index in [9.17, 15) is 9.18 Å². The number of hydrogen-bond donors (Lipinski definition) is 2. The first kappa shape index (κ1) is 20.9. The summed E-state index contributed by atoms with van der Waals surface area (Å²) in [6.45, 7) is 0. The summed E-state index contributed by atoms with van der Waals surface area (Å²) in [6.07, 6.45) is 1.53. The summed E-state index contributed by atoms with van der Waals surface area (Å²) >= 11 is 5.14. The third kappa shape index (κ3) is 5.86. The SMILES string of the molecule is COc1cc(/C=N\NC(=S)Nc2ccc(F)cc2)ccc1OC(=O)c1ccccc1. The van der Waals surface area contributed by atoms with Crippen molar-refractivity contribution in [2.45, 2.75) is 0 Å². The first-order chi connectivity index (χ1) is 14.5. The maximum Gasteiger partial charge on any atom is 0.343 e. The number of methoxy groups -OCH3 is 1. The highest BCUT2D eigenvalue weighted by Gasteiger charge is 2.12. The molecule has 0 aliphatic carbocycles. The van der Waals surface area contributed by atoms with Gasteiger partial charge in [0, 0.05) is 5.69 Å². The van der Waals surface area contributed by atoms with Gasteiger partial charge < -0.3 is 14.8 Å². The van der Waals surface area contributed by atoms with Gasteiger partial charge in [0.2, 0.25) is 0 Å². The van der Waals surface area contributed by atoms with Gasteiger partial charge in [-0.2, -0.15) is 5.10 Å². The summed E-state index contributed by atoms with van der Waals surface area (Å²) in [5, 5.41) is 7.18. The number of carbonyl (C=O) groups is 1. The molecule has 0 atom stereocenters. The van der Waals surface area contributed by atoms with Crippen molar-refractivity contribution in [1.29, 1.82) is 0 Å². The van der Waals surface area contributed by atoms with E-state index in [1.165, 1.54) is 25.5 Å². The van der Waals surface area contributed by atoms with Gasteiger partial charge in [0.1, 0.15) is 5.82 Å². The van der Waals surface area contributed by atoms with Gasteiger partial charge in [0.05, 0.1) is 18.9 Å². The fourth-order valence-corrected chi connectivity index (χ4v) is 2.61. The largest absolute Gasteiger partial charge is 0.493 e. The first-order valence-corrected chi connectivity index (χ1v) is 9.27. The van der Waals surface area contributed by atoms with E-state index >= 15 is 0 Å². The minimum atomic E-state index is -0.478. The number of halogens is 1. The number of anilines is 1. The second kappa shape index (κ2) is 10.1. The lowest BCUT2D eigenvalue weighted by atomic mass is 10.2. The molecule has 0 saturated heterocycles. The van der Waals surface area contributed by atoms with E-state index in [0.717, 1.165) is 0 Å². The van der Waals surface area contributed by atoms with Crippen LogP contribution in [0.5, 0.6) is 11.5 Å². The van der Waals surface area contributed by atoms with E-state index in [2.05, 4.69) is 15.8 Å². The molecule has 0 bridgehead atoms. The van der Waals surface area contributed by atoms with Crippen LogP contribution in [0, 0.1) is 5.82 Å². The maximum atomic E-state index is 12.9. The molecule has 8 heteroatoms. The molecule has 0 aliphatic rings. The van der Waals surface area contributed by atoms with Gasteiger partial charge >= 0.3 is 5.97 Å². The Hall–Kier alpha value is -3.78. The number of nitrogens with one attached hydrogen (secondary N) is 2. The van der Waals surface area contributed by atoms with Crippen molar-refractivity contribution in [3.8, 4) is 11.5 Å². The molecule has 0 radical (unpaired) electrons. The molecule has 2 N–H and O–H groups in total. The standard InChI is InChI=1S/C22H18FN3O3S/c1-28-20-13-15(7-12-19(20)29-21(27)16-5-3-2-4-6-16)14-24-26-22(30)25-18-10-8-17(23)9-11-18/h2-14H,1H3,(H2,25,26,30)/b24-14-. The molecule has 3 aromatic carbocycles. The van der Waals surface area contributed by atoms with E-state index in [1.807, 2.05) is 6.07 Å². The minimum Gasteiger partial charge on any atom is -0.493 e. The van der Waals surface area contributed by atoms with Crippen molar-refractivity contribution in [2.75, 3.05) is 12.4 Å². The summed E-state index contributed by atoms with van der Waals surface area (Å²) in [5.41, 5.74) is 4.44. The maximum absolute atomic E-state index is 12.9. The summed E-state index contributed by atoms with van der Waals surface area (Å²) in [4.78, 5) is 12.2. The van der Waals surface area contributed by atoms with Crippen LogP contribution in [-0.4, -0.2) is 24.4 Å². The number of carbonyl (C=O) groups excluding carboxylic acids is 1. The van der Waals surface area contributed by atoms with E-state index in [-0.39, 0.29) is 10.9 Å². The van der Waals surface area contributed by atoms with Crippen molar-refractivity contribution in [2.24, 2.45) is 5.10 Å². The molecule has 0 aromatic heterocycles. The van der Waals surface area contributed by atoms with Crippen molar-refractivity contribution >= 4 is 35.2 Å². The average molecular weight is 423 g/mol. The molecule has 3 aromatic rings. The predicted molar refractivity (Wildman–Crippen MR) is 118 cm³/mol. The van der Waals surface area contributed by atoms with Crippen LogP contribution in [0.2, 0.25) is 0 Å².